The first-order valence-electron chi connectivity index (χ1n) is 9.25. The second-order valence-electron chi connectivity index (χ2n) is 6.73. The summed E-state index contributed by atoms with van der Waals surface area (Å²) in [6, 6.07) is 16.0. The predicted molar refractivity (Wildman–Crippen MR) is 107 cm³/mol. The maximum atomic E-state index is 12.4. The summed E-state index contributed by atoms with van der Waals surface area (Å²) in [5, 5.41) is 9.51. The molecule has 2 atom stereocenters. The Morgan fingerprint density at radius 2 is 1.96 bits per heavy atom. The molecule has 1 fully saturated rings. The van der Waals surface area contributed by atoms with Crippen LogP contribution in [0.25, 0.3) is 0 Å². The fourth-order valence-electron chi connectivity index (χ4n) is 3.44. The number of urea groups is 1. The van der Waals surface area contributed by atoms with Gasteiger partial charge in [0.25, 0.3) is 0 Å². The summed E-state index contributed by atoms with van der Waals surface area (Å²) in [5.41, 5.74) is 1.92. The summed E-state index contributed by atoms with van der Waals surface area (Å²) < 4.78 is 10.5. The van der Waals surface area contributed by atoms with E-state index in [9.17, 15) is 4.79 Å². The van der Waals surface area contributed by atoms with Gasteiger partial charge in [0.15, 0.2) is 0 Å². The third-order valence-corrected chi connectivity index (χ3v) is 4.81. The van der Waals surface area contributed by atoms with Gasteiger partial charge in [-0.15, -0.1) is 0 Å². The molecule has 0 spiro atoms. The van der Waals surface area contributed by atoms with E-state index >= 15 is 0 Å². The Labute approximate surface area is 160 Å². The fourth-order valence-corrected chi connectivity index (χ4v) is 3.44. The SMILES string of the molecule is COc1ccc(NC(=O)NC2CCNC(Cc3ccccc3)C2)c(OC)c1. The third kappa shape index (κ3) is 5.37. The van der Waals surface area contributed by atoms with Crippen molar-refractivity contribution in [3.63, 3.8) is 0 Å². The Kier molecular flexibility index (Phi) is 6.54. The molecule has 0 saturated carbocycles. The van der Waals surface area contributed by atoms with E-state index < -0.39 is 0 Å². The van der Waals surface area contributed by atoms with Gasteiger partial charge in [0.1, 0.15) is 11.5 Å². The number of hydrogen-bond acceptors (Lipinski definition) is 4. The van der Waals surface area contributed by atoms with E-state index in [0.29, 0.717) is 23.2 Å². The van der Waals surface area contributed by atoms with Crippen LogP contribution in [0.1, 0.15) is 18.4 Å². The number of carbonyl (C=O) groups excluding carboxylic acids is 1. The van der Waals surface area contributed by atoms with E-state index in [2.05, 4.69) is 40.2 Å². The summed E-state index contributed by atoms with van der Waals surface area (Å²) in [7, 11) is 3.16. The molecule has 3 rings (SSSR count). The van der Waals surface area contributed by atoms with Gasteiger partial charge in [-0.2, -0.15) is 0 Å². The number of piperidine rings is 1. The Balaban J connectivity index is 1.54. The number of carbonyl (C=O) groups is 1. The first kappa shape index (κ1) is 19.0. The van der Waals surface area contributed by atoms with Crippen molar-refractivity contribution in [3.8, 4) is 11.5 Å². The van der Waals surface area contributed by atoms with E-state index in [1.807, 2.05) is 6.07 Å². The van der Waals surface area contributed by atoms with Crippen LogP contribution in [-0.2, 0) is 6.42 Å². The van der Waals surface area contributed by atoms with E-state index in [1.54, 1.807) is 32.4 Å². The van der Waals surface area contributed by atoms with Crippen molar-refractivity contribution in [2.24, 2.45) is 0 Å². The molecule has 1 heterocycles. The maximum Gasteiger partial charge on any atom is 0.319 e. The molecule has 1 aliphatic rings. The minimum atomic E-state index is -0.219. The topological polar surface area (TPSA) is 71.6 Å². The van der Waals surface area contributed by atoms with Gasteiger partial charge in [-0.25, -0.2) is 4.79 Å². The number of hydrogen-bond donors (Lipinski definition) is 3. The molecular weight excluding hydrogens is 342 g/mol. The predicted octanol–water partition coefficient (Wildman–Crippen LogP) is 3.19. The van der Waals surface area contributed by atoms with E-state index in [4.69, 9.17) is 9.47 Å². The molecular formula is C21H27N3O3. The van der Waals surface area contributed by atoms with E-state index in [1.165, 1.54) is 5.56 Å². The molecule has 6 nitrogen and oxygen atoms in total. The summed E-state index contributed by atoms with van der Waals surface area (Å²) in [6.07, 6.45) is 2.79. The molecule has 1 aliphatic heterocycles. The highest BCUT2D eigenvalue weighted by Crippen LogP contribution is 2.29. The molecule has 0 aromatic heterocycles. The van der Waals surface area contributed by atoms with Crippen LogP contribution in [0, 0.1) is 0 Å². The highest BCUT2D eigenvalue weighted by Gasteiger charge is 2.23. The summed E-state index contributed by atoms with van der Waals surface area (Å²) in [6.45, 7) is 0.897. The zero-order valence-electron chi connectivity index (χ0n) is 15.8. The normalized spacial score (nSPS) is 19.2. The van der Waals surface area contributed by atoms with E-state index in [0.717, 1.165) is 25.8 Å². The Hall–Kier alpha value is -2.73. The van der Waals surface area contributed by atoms with Crippen molar-refractivity contribution in [2.45, 2.75) is 31.3 Å². The minimum Gasteiger partial charge on any atom is -0.497 e. The number of rotatable bonds is 6. The quantitative estimate of drug-likeness (QED) is 0.731. The lowest BCUT2D eigenvalue weighted by molar-refractivity contribution is 0.240. The maximum absolute atomic E-state index is 12.4. The van der Waals surface area contributed by atoms with Gasteiger partial charge >= 0.3 is 6.03 Å². The molecule has 0 radical (unpaired) electrons. The molecule has 2 unspecified atom stereocenters. The zero-order valence-corrected chi connectivity index (χ0v) is 15.8. The van der Waals surface area contributed by atoms with Crippen molar-refractivity contribution in [2.75, 3.05) is 26.1 Å². The van der Waals surface area contributed by atoms with Crippen molar-refractivity contribution in [3.05, 3.63) is 54.1 Å². The summed E-state index contributed by atoms with van der Waals surface area (Å²) >= 11 is 0. The number of anilines is 1. The average molecular weight is 369 g/mol. The number of methoxy groups -OCH3 is 2. The third-order valence-electron chi connectivity index (χ3n) is 4.81. The van der Waals surface area contributed by atoms with Gasteiger partial charge in [0.05, 0.1) is 19.9 Å². The largest absolute Gasteiger partial charge is 0.497 e. The lowest BCUT2D eigenvalue weighted by atomic mass is 9.94. The second-order valence-corrected chi connectivity index (χ2v) is 6.73. The number of nitrogens with one attached hydrogen (secondary N) is 3. The van der Waals surface area contributed by atoms with Crippen LogP contribution in [0.5, 0.6) is 11.5 Å². The average Bonchev–Trinajstić information content (AvgIpc) is 2.69. The molecule has 2 aromatic carbocycles. The fraction of sp³-hybridized carbons (Fsp3) is 0.381. The molecule has 0 bridgehead atoms. The van der Waals surface area contributed by atoms with Crippen LogP contribution in [0.4, 0.5) is 10.5 Å². The lowest BCUT2D eigenvalue weighted by Gasteiger charge is -2.31. The number of benzene rings is 2. The van der Waals surface area contributed by atoms with Gasteiger partial charge in [0.2, 0.25) is 0 Å². The van der Waals surface area contributed by atoms with E-state index in [-0.39, 0.29) is 12.1 Å². The first-order valence-corrected chi connectivity index (χ1v) is 9.25. The van der Waals surface area contributed by atoms with Gasteiger partial charge in [-0.1, -0.05) is 30.3 Å². The van der Waals surface area contributed by atoms with Crippen molar-refractivity contribution >= 4 is 11.7 Å². The molecule has 27 heavy (non-hydrogen) atoms. The lowest BCUT2D eigenvalue weighted by Crippen LogP contribution is -2.49. The van der Waals surface area contributed by atoms with Crippen molar-refractivity contribution < 1.29 is 14.3 Å². The van der Waals surface area contributed by atoms with Gasteiger partial charge < -0.3 is 25.4 Å². The molecule has 144 valence electrons. The smallest absolute Gasteiger partial charge is 0.319 e. The summed E-state index contributed by atoms with van der Waals surface area (Å²) in [4.78, 5) is 12.4. The Morgan fingerprint density at radius 3 is 2.70 bits per heavy atom. The first-order chi connectivity index (χ1) is 13.2. The molecule has 6 heteroatoms. The molecule has 3 N–H and O–H groups in total. The molecule has 2 aromatic rings. The van der Waals surface area contributed by atoms with Gasteiger partial charge in [0, 0.05) is 18.2 Å². The number of ether oxygens (including phenoxy) is 2. The van der Waals surface area contributed by atoms with Crippen LogP contribution in [0.2, 0.25) is 0 Å². The standard InChI is InChI=1S/C21H27N3O3/c1-26-18-8-9-19(20(14-18)27-2)24-21(25)23-16-10-11-22-17(13-16)12-15-6-4-3-5-7-15/h3-9,14,16-17,22H,10-13H2,1-2H3,(H2,23,24,25). The van der Waals surface area contributed by atoms with Gasteiger partial charge in [-0.3, -0.25) is 0 Å². The minimum absolute atomic E-state index is 0.143. The van der Waals surface area contributed by atoms with Crippen LogP contribution in [-0.4, -0.2) is 38.9 Å². The molecule has 1 saturated heterocycles. The summed E-state index contributed by atoms with van der Waals surface area (Å²) in [5.74, 6) is 1.25. The monoisotopic (exact) mass is 369 g/mol. The second kappa shape index (κ2) is 9.28. The van der Waals surface area contributed by atoms with Crippen LogP contribution in [0.15, 0.2) is 48.5 Å². The van der Waals surface area contributed by atoms with Gasteiger partial charge in [-0.05, 0) is 43.5 Å². The van der Waals surface area contributed by atoms with Crippen LogP contribution >= 0.6 is 0 Å². The highest BCUT2D eigenvalue weighted by molar-refractivity contribution is 5.91. The Bertz CT molecular complexity index is 752. The van der Waals surface area contributed by atoms with Crippen molar-refractivity contribution in [1.82, 2.24) is 10.6 Å². The Morgan fingerprint density at radius 1 is 1.15 bits per heavy atom. The molecule has 2 amide bonds. The van der Waals surface area contributed by atoms with Crippen molar-refractivity contribution in [1.29, 1.82) is 0 Å². The molecule has 0 aliphatic carbocycles. The zero-order chi connectivity index (χ0) is 19.1. The van der Waals surface area contributed by atoms with Crippen LogP contribution in [0.3, 0.4) is 0 Å². The van der Waals surface area contributed by atoms with Crippen LogP contribution < -0.4 is 25.4 Å². The number of amides is 2. The highest BCUT2D eigenvalue weighted by atomic mass is 16.5.